The van der Waals surface area contributed by atoms with Gasteiger partial charge in [-0.2, -0.15) is 5.10 Å². The Morgan fingerprint density at radius 1 is 1.32 bits per heavy atom. The van der Waals surface area contributed by atoms with Gasteiger partial charge in [0.15, 0.2) is 0 Å². The van der Waals surface area contributed by atoms with Gasteiger partial charge in [0.05, 0.1) is 23.4 Å². The molecule has 4 rings (SSSR count). The van der Waals surface area contributed by atoms with Gasteiger partial charge in [-0.05, 0) is 29.3 Å². The van der Waals surface area contributed by atoms with E-state index in [4.69, 9.17) is 4.74 Å². The molecule has 1 aromatic heterocycles. The van der Waals surface area contributed by atoms with Crippen molar-refractivity contribution >= 4 is 16.8 Å². The normalized spacial score (nSPS) is 13.4. The van der Waals surface area contributed by atoms with Crippen molar-refractivity contribution in [2.24, 2.45) is 0 Å². The summed E-state index contributed by atoms with van der Waals surface area (Å²) < 4.78 is 18.5. The summed E-state index contributed by atoms with van der Waals surface area (Å²) in [5.41, 5.74) is 3.20. The van der Waals surface area contributed by atoms with E-state index in [0.29, 0.717) is 30.9 Å². The van der Waals surface area contributed by atoms with Gasteiger partial charge in [0.25, 0.3) is 5.91 Å². The minimum atomic E-state index is -0.320. The highest BCUT2D eigenvalue weighted by molar-refractivity contribution is 6.01. The van der Waals surface area contributed by atoms with E-state index in [1.807, 2.05) is 0 Å². The molecule has 0 spiro atoms. The van der Waals surface area contributed by atoms with Crippen LogP contribution in [0.3, 0.4) is 0 Å². The van der Waals surface area contributed by atoms with Gasteiger partial charge >= 0.3 is 0 Å². The second kappa shape index (κ2) is 5.86. The van der Waals surface area contributed by atoms with Crippen molar-refractivity contribution in [1.82, 2.24) is 15.1 Å². The first kappa shape index (κ1) is 15.6. The second-order valence-corrected chi connectivity index (χ2v) is 6.09. The first-order chi connectivity index (χ1) is 12.1. The number of ether oxygens (including phenoxy) is 1. The number of H-pyrrole nitrogens is 1. The Balaban J connectivity index is 1.68. The lowest BCUT2D eigenvalue weighted by Gasteiger charge is -2.16. The number of aromatic hydroxyl groups is 1. The highest BCUT2D eigenvalue weighted by Gasteiger charge is 2.27. The summed E-state index contributed by atoms with van der Waals surface area (Å²) in [7, 11) is 1.56. The first-order valence-corrected chi connectivity index (χ1v) is 7.82. The second-order valence-electron chi connectivity index (χ2n) is 6.09. The van der Waals surface area contributed by atoms with Crippen LogP contribution in [0.15, 0.2) is 30.3 Å². The molecule has 2 heterocycles. The van der Waals surface area contributed by atoms with Crippen molar-refractivity contribution in [2.75, 3.05) is 7.11 Å². The molecular weight excluding hydrogens is 325 g/mol. The number of halogens is 1. The number of benzene rings is 2. The minimum Gasteiger partial charge on any atom is -0.507 e. The molecule has 1 aliphatic heterocycles. The van der Waals surface area contributed by atoms with Crippen molar-refractivity contribution in [3.05, 3.63) is 58.5 Å². The number of nitrogens with one attached hydrogen (secondary N) is 1. The Kier molecular flexibility index (Phi) is 3.65. The van der Waals surface area contributed by atoms with E-state index in [9.17, 15) is 14.3 Å². The third kappa shape index (κ3) is 2.62. The fourth-order valence-electron chi connectivity index (χ4n) is 3.20. The fourth-order valence-corrected chi connectivity index (χ4v) is 3.20. The van der Waals surface area contributed by atoms with Gasteiger partial charge in [-0.3, -0.25) is 9.89 Å². The Hall–Kier alpha value is -2.93. The third-order valence-electron chi connectivity index (χ3n) is 4.45. The van der Waals surface area contributed by atoms with Crippen LogP contribution in [0.5, 0.6) is 5.75 Å². The number of hydrogen-bond acceptors (Lipinski definition) is 4. The molecule has 0 fully saturated rings. The molecule has 2 aromatic carbocycles. The van der Waals surface area contributed by atoms with E-state index in [-0.39, 0.29) is 23.0 Å². The van der Waals surface area contributed by atoms with E-state index in [1.165, 1.54) is 18.2 Å². The highest BCUT2D eigenvalue weighted by atomic mass is 19.1. The summed E-state index contributed by atoms with van der Waals surface area (Å²) in [6.07, 6.45) is 0. The highest BCUT2D eigenvalue weighted by Crippen LogP contribution is 2.30. The fraction of sp³-hybridized carbons (Fsp3) is 0.222. The zero-order valence-corrected chi connectivity index (χ0v) is 13.5. The molecule has 3 aromatic rings. The Morgan fingerprint density at radius 2 is 2.12 bits per heavy atom. The van der Waals surface area contributed by atoms with Crippen molar-refractivity contribution in [1.29, 1.82) is 0 Å². The predicted octanol–water partition coefficient (Wildman–Crippen LogP) is 2.71. The van der Waals surface area contributed by atoms with Crippen LogP contribution in [-0.4, -0.2) is 33.2 Å². The van der Waals surface area contributed by atoms with Crippen LogP contribution in [-0.2, 0) is 24.4 Å². The molecule has 0 saturated heterocycles. The number of methoxy groups -OCH3 is 1. The Labute approximate surface area is 142 Å². The summed E-state index contributed by atoms with van der Waals surface area (Å²) in [6.45, 7) is 1.01. The van der Waals surface area contributed by atoms with Crippen molar-refractivity contribution in [3.8, 4) is 5.75 Å². The van der Waals surface area contributed by atoms with Crippen molar-refractivity contribution in [3.63, 3.8) is 0 Å². The van der Waals surface area contributed by atoms with Gasteiger partial charge in [0, 0.05) is 31.7 Å². The third-order valence-corrected chi connectivity index (χ3v) is 4.45. The van der Waals surface area contributed by atoms with Gasteiger partial charge in [0.1, 0.15) is 11.6 Å². The molecule has 128 valence electrons. The molecule has 0 atom stereocenters. The summed E-state index contributed by atoms with van der Waals surface area (Å²) in [4.78, 5) is 14.5. The van der Waals surface area contributed by atoms with E-state index in [0.717, 1.165) is 16.5 Å². The Morgan fingerprint density at radius 3 is 2.92 bits per heavy atom. The number of carbonyl (C=O) groups excluding carboxylic acids is 1. The number of aromatic amines is 1. The lowest BCUT2D eigenvalue weighted by atomic mass is 10.1. The van der Waals surface area contributed by atoms with Gasteiger partial charge in [-0.15, -0.1) is 0 Å². The standard InChI is InChI=1S/C18H16FN3O3/c1-25-9-16-13-5-14(17(23)6-15(13)20-21-16)18(24)22-7-10-2-3-12(19)4-11(10)8-22/h2-6,23H,7-9H2,1H3,(H,20,21). The average molecular weight is 341 g/mol. The molecular formula is C18H16FN3O3. The summed E-state index contributed by atoms with van der Waals surface area (Å²) in [5.74, 6) is -0.743. The molecule has 6 nitrogen and oxygen atoms in total. The van der Waals surface area contributed by atoms with Gasteiger partial charge in [-0.1, -0.05) is 6.07 Å². The molecule has 1 amide bonds. The van der Waals surface area contributed by atoms with Gasteiger partial charge in [-0.25, -0.2) is 4.39 Å². The smallest absolute Gasteiger partial charge is 0.258 e. The monoisotopic (exact) mass is 341 g/mol. The molecule has 2 N–H and O–H groups in total. The minimum absolute atomic E-state index is 0.118. The first-order valence-electron chi connectivity index (χ1n) is 7.82. The molecule has 0 aliphatic carbocycles. The zero-order chi connectivity index (χ0) is 17.6. The molecule has 7 heteroatoms. The van der Waals surface area contributed by atoms with Crippen LogP contribution in [0, 0.1) is 5.82 Å². The number of carbonyl (C=O) groups is 1. The maximum Gasteiger partial charge on any atom is 0.258 e. The number of amides is 1. The number of phenolic OH excluding ortho intramolecular Hbond substituents is 1. The van der Waals surface area contributed by atoms with Crippen molar-refractivity contribution < 1.29 is 19.0 Å². The van der Waals surface area contributed by atoms with Gasteiger partial charge in [0.2, 0.25) is 0 Å². The lowest BCUT2D eigenvalue weighted by molar-refractivity contribution is 0.0748. The van der Waals surface area contributed by atoms with E-state index < -0.39 is 0 Å². The number of fused-ring (bicyclic) bond motifs is 2. The van der Waals surface area contributed by atoms with Crippen LogP contribution < -0.4 is 0 Å². The lowest BCUT2D eigenvalue weighted by Crippen LogP contribution is -2.25. The maximum atomic E-state index is 13.4. The van der Waals surface area contributed by atoms with Gasteiger partial charge < -0.3 is 14.7 Å². The van der Waals surface area contributed by atoms with E-state index in [2.05, 4.69) is 10.2 Å². The zero-order valence-electron chi connectivity index (χ0n) is 13.5. The van der Waals surface area contributed by atoms with Crippen LogP contribution >= 0.6 is 0 Å². The number of hydrogen-bond donors (Lipinski definition) is 2. The number of phenols is 1. The molecule has 1 aliphatic rings. The Bertz CT molecular complexity index is 983. The molecule has 0 saturated carbocycles. The largest absolute Gasteiger partial charge is 0.507 e. The predicted molar refractivity (Wildman–Crippen MR) is 88.4 cm³/mol. The number of aromatic nitrogens is 2. The average Bonchev–Trinajstić information content (AvgIpc) is 3.17. The topological polar surface area (TPSA) is 78.5 Å². The summed E-state index contributed by atoms with van der Waals surface area (Å²) in [5, 5.41) is 17.9. The van der Waals surface area contributed by atoms with E-state index >= 15 is 0 Å². The van der Waals surface area contributed by atoms with Crippen LogP contribution in [0.2, 0.25) is 0 Å². The summed E-state index contributed by atoms with van der Waals surface area (Å²) in [6, 6.07) is 7.62. The maximum absolute atomic E-state index is 13.4. The van der Waals surface area contributed by atoms with E-state index in [1.54, 1.807) is 24.1 Å². The molecule has 0 unspecified atom stereocenters. The SMILES string of the molecule is COCc1n[nH]c2cc(O)c(C(=O)N3Cc4ccc(F)cc4C3)cc12. The number of rotatable bonds is 3. The number of nitrogens with zero attached hydrogens (tertiary/aromatic N) is 2. The van der Waals surface area contributed by atoms with Crippen molar-refractivity contribution in [2.45, 2.75) is 19.7 Å². The molecule has 25 heavy (non-hydrogen) atoms. The quantitative estimate of drug-likeness (QED) is 0.768. The summed E-state index contributed by atoms with van der Waals surface area (Å²) >= 11 is 0. The molecule has 0 bridgehead atoms. The molecule has 0 radical (unpaired) electrons. The van der Waals surface area contributed by atoms with Crippen LogP contribution in [0.4, 0.5) is 4.39 Å². The van der Waals surface area contributed by atoms with Crippen LogP contribution in [0.1, 0.15) is 27.2 Å². The van der Waals surface area contributed by atoms with Crippen LogP contribution in [0.25, 0.3) is 10.9 Å².